The molecule has 3 N–H and O–H groups in total. The van der Waals surface area contributed by atoms with Crippen LogP contribution in [0.4, 0.5) is 11.5 Å². The maximum Gasteiger partial charge on any atom is 0.241 e. The van der Waals surface area contributed by atoms with E-state index in [9.17, 15) is 4.79 Å². The second-order valence-corrected chi connectivity index (χ2v) is 4.58. The van der Waals surface area contributed by atoms with E-state index in [-0.39, 0.29) is 17.7 Å². The average molecular weight is 270 g/mol. The van der Waals surface area contributed by atoms with Gasteiger partial charge >= 0.3 is 0 Å². The lowest BCUT2D eigenvalue weighted by molar-refractivity contribution is -0.130. The van der Waals surface area contributed by atoms with Crippen LogP contribution in [-0.4, -0.2) is 40.4 Å². The van der Waals surface area contributed by atoms with Gasteiger partial charge in [-0.1, -0.05) is 0 Å². The molecule has 0 aliphatic carbocycles. The Balaban J connectivity index is 1.90. The molecule has 0 saturated carbocycles. The number of carbonyl (C=O) groups excluding carboxylic acids is 1. The largest absolute Gasteiger partial charge is 0.394 e. The van der Waals surface area contributed by atoms with E-state index >= 15 is 0 Å². The maximum absolute atomic E-state index is 11.9. The quantitative estimate of drug-likeness (QED) is 0.804. The molecule has 0 bridgehead atoms. The number of carbonyl (C=O) groups is 1. The van der Waals surface area contributed by atoms with E-state index in [2.05, 4.69) is 15.3 Å². The highest BCUT2D eigenvalue weighted by molar-refractivity contribution is 6.28. The Kier molecular flexibility index (Phi) is 4.19. The molecule has 2 heterocycles. The lowest BCUT2D eigenvalue weighted by atomic mass is 10.1. The predicted octanol–water partition coefficient (Wildman–Crippen LogP) is 1.14. The Morgan fingerprint density at radius 1 is 1.44 bits per heavy atom. The summed E-state index contributed by atoms with van der Waals surface area (Å²) in [6.45, 7) is 1.85. The third-order valence-corrected chi connectivity index (χ3v) is 3.09. The Morgan fingerprint density at radius 2 is 2.17 bits per heavy atom. The molecular weight excluding hydrogens is 254 g/mol. The van der Waals surface area contributed by atoms with E-state index in [0.717, 1.165) is 25.9 Å². The lowest BCUT2D eigenvalue weighted by Gasteiger charge is -2.26. The Morgan fingerprint density at radius 3 is 2.89 bits per heavy atom. The van der Waals surface area contributed by atoms with Gasteiger partial charge in [0.25, 0.3) is 0 Å². The van der Waals surface area contributed by atoms with Gasteiger partial charge < -0.3 is 16.0 Å². The Bertz CT molecular complexity index is 433. The van der Waals surface area contributed by atoms with Crippen molar-refractivity contribution in [3.05, 3.63) is 11.5 Å². The van der Waals surface area contributed by atoms with Crippen molar-refractivity contribution in [2.45, 2.75) is 19.3 Å². The monoisotopic (exact) mass is 269 g/mol. The minimum Gasteiger partial charge on any atom is -0.394 e. The Labute approximate surface area is 111 Å². The van der Waals surface area contributed by atoms with E-state index < -0.39 is 0 Å². The summed E-state index contributed by atoms with van der Waals surface area (Å²) in [5.74, 6) is 0.462. The number of halogens is 1. The maximum atomic E-state index is 11.9. The molecule has 1 aliphatic rings. The molecule has 2 rings (SSSR count). The number of hydrogen-bond acceptors (Lipinski definition) is 5. The van der Waals surface area contributed by atoms with Crippen LogP contribution in [0.2, 0.25) is 5.28 Å². The van der Waals surface area contributed by atoms with Crippen molar-refractivity contribution >= 4 is 29.0 Å². The van der Waals surface area contributed by atoms with Crippen molar-refractivity contribution in [1.29, 1.82) is 0 Å². The number of nitrogens with two attached hydrogens (primary N) is 1. The summed E-state index contributed by atoms with van der Waals surface area (Å²) in [4.78, 5) is 21.5. The van der Waals surface area contributed by atoms with Crippen molar-refractivity contribution in [3.8, 4) is 0 Å². The molecule has 7 heteroatoms. The summed E-state index contributed by atoms with van der Waals surface area (Å²) in [6, 6.07) is 0. The van der Waals surface area contributed by atoms with E-state index in [0.29, 0.717) is 11.5 Å². The lowest BCUT2D eigenvalue weighted by Crippen LogP contribution is -2.39. The normalized spacial score (nSPS) is 15.5. The highest BCUT2D eigenvalue weighted by Crippen LogP contribution is 2.16. The first-order valence-electron chi connectivity index (χ1n) is 5.96. The van der Waals surface area contributed by atoms with Crippen LogP contribution in [0.1, 0.15) is 19.3 Å². The molecule has 6 nitrogen and oxygen atoms in total. The van der Waals surface area contributed by atoms with Crippen LogP contribution in [-0.2, 0) is 4.79 Å². The van der Waals surface area contributed by atoms with Crippen LogP contribution in [0.25, 0.3) is 0 Å². The fourth-order valence-electron chi connectivity index (χ4n) is 1.93. The standard InChI is InChI=1S/C11H16ClN5O/c12-11-15-6-8(13)10(16-11)14-7-9(18)17-4-2-1-3-5-17/h6H,1-5,7,13H2,(H,14,15,16). The average Bonchev–Trinajstić information content (AvgIpc) is 2.40. The van der Waals surface area contributed by atoms with Crippen molar-refractivity contribution < 1.29 is 4.79 Å². The minimum atomic E-state index is 0.0591. The molecule has 0 aromatic carbocycles. The van der Waals surface area contributed by atoms with E-state index in [1.807, 2.05) is 4.90 Å². The van der Waals surface area contributed by atoms with Crippen molar-refractivity contribution in [3.63, 3.8) is 0 Å². The van der Waals surface area contributed by atoms with Gasteiger partial charge in [-0.15, -0.1) is 0 Å². The zero-order valence-corrected chi connectivity index (χ0v) is 10.8. The molecule has 0 radical (unpaired) electrons. The van der Waals surface area contributed by atoms with E-state index in [4.69, 9.17) is 17.3 Å². The number of nitrogens with one attached hydrogen (secondary N) is 1. The van der Waals surface area contributed by atoms with Crippen LogP contribution in [0.5, 0.6) is 0 Å². The van der Waals surface area contributed by atoms with Crippen LogP contribution < -0.4 is 11.1 Å². The molecule has 0 atom stereocenters. The number of likely N-dealkylation sites (tertiary alicyclic amines) is 1. The second-order valence-electron chi connectivity index (χ2n) is 4.24. The van der Waals surface area contributed by atoms with Gasteiger partial charge in [0.2, 0.25) is 11.2 Å². The molecule has 18 heavy (non-hydrogen) atoms. The molecule has 0 unspecified atom stereocenters. The molecule has 1 fully saturated rings. The van der Waals surface area contributed by atoms with Crippen molar-refractivity contribution in [2.75, 3.05) is 30.7 Å². The summed E-state index contributed by atoms with van der Waals surface area (Å²) in [6.07, 6.45) is 4.77. The topological polar surface area (TPSA) is 84.1 Å². The molecule has 98 valence electrons. The van der Waals surface area contributed by atoms with Gasteiger partial charge in [-0.3, -0.25) is 4.79 Å². The number of rotatable bonds is 3. The zero-order chi connectivity index (χ0) is 13.0. The smallest absolute Gasteiger partial charge is 0.241 e. The Hall–Kier alpha value is -1.56. The van der Waals surface area contributed by atoms with Gasteiger partial charge in [0.05, 0.1) is 18.4 Å². The van der Waals surface area contributed by atoms with Crippen LogP contribution in [0.15, 0.2) is 6.20 Å². The molecule has 1 aromatic heterocycles. The molecule has 0 spiro atoms. The molecule has 1 aliphatic heterocycles. The third-order valence-electron chi connectivity index (χ3n) is 2.90. The van der Waals surface area contributed by atoms with Gasteiger partial charge in [-0.05, 0) is 30.9 Å². The van der Waals surface area contributed by atoms with Crippen molar-refractivity contribution in [1.82, 2.24) is 14.9 Å². The fourth-order valence-corrected chi connectivity index (χ4v) is 2.06. The fraction of sp³-hybridized carbons (Fsp3) is 0.545. The highest BCUT2D eigenvalue weighted by Gasteiger charge is 2.16. The molecule has 1 amide bonds. The first-order chi connectivity index (χ1) is 8.66. The summed E-state index contributed by atoms with van der Waals surface area (Å²) < 4.78 is 0. The summed E-state index contributed by atoms with van der Waals surface area (Å²) >= 11 is 5.67. The zero-order valence-electron chi connectivity index (χ0n) is 10.0. The first-order valence-corrected chi connectivity index (χ1v) is 6.34. The van der Waals surface area contributed by atoms with Crippen LogP contribution in [0.3, 0.4) is 0 Å². The summed E-state index contributed by atoms with van der Waals surface area (Å²) in [7, 11) is 0. The van der Waals surface area contributed by atoms with E-state index in [1.54, 1.807) is 0 Å². The van der Waals surface area contributed by atoms with Crippen LogP contribution in [0, 0.1) is 0 Å². The number of amides is 1. The van der Waals surface area contributed by atoms with Gasteiger partial charge in [-0.2, -0.15) is 4.98 Å². The molecular formula is C11H16ClN5O. The van der Waals surface area contributed by atoms with Gasteiger partial charge in [0.1, 0.15) is 0 Å². The summed E-state index contributed by atoms with van der Waals surface area (Å²) in [5.41, 5.74) is 6.06. The number of piperidine rings is 1. The number of nitrogens with zero attached hydrogens (tertiary/aromatic N) is 3. The predicted molar refractivity (Wildman–Crippen MR) is 70.4 cm³/mol. The number of hydrogen-bond donors (Lipinski definition) is 2. The van der Waals surface area contributed by atoms with Gasteiger partial charge in [0, 0.05) is 13.1 Å². The number of nitrogen functional groups attached to an aromatic ring is 1. The van der Waals surface area contributed by atoms with E-state index in [1.165, 1.54) is 12.6 Å². The minimum absolute atomic E-state index is 0.0591. The number of anilines is 2. The number of aromatic nitrogens is 2. The molecule has 1 aromatic rings. The first kappa shape index (κ1) is 12.9. The third kappa shape index (κ3) is 3.22. The SMILES string of the molecule is Nc1cnc(Cl)nc1NCC(=O)N1CCCCC1. The second kappa shape index (κ2) is 5.86. The highest BCUT2D eigenvalue weighted by atomic mass is 35.5. The summed E-state index contributed by atoms with van der Waals surface area (Å²) in [5, 5.41) is 3.01. The van der Waals surface area contributed by atoms with Crippen molar-refractivity contribution in [2.24, 2.45) is 0 Å². The van der Waals surface area contributed by atoms with Gasteiger partial charge in [0.15, 0.2) is 5.82 Å². The van der Waals surface area contributed by atoms with Crippen LogP contribution >= 0.6 is 11.6 Å². The van der Waals surface area contributed by atoms with Gasteiger partial charge in [-0.25, -0.2) is 4.98 Å². The molecule has 1 saturated heterocycles.